The molecule has 1 heterocycles. The maximum absolute atomic E-state index is 10.5. The van der Waals surface area contributed by atoms with Crippen LogP contribution in [0.1, 0.15) is 63.4 Å². The smallest absolute Gasteiger partial charge is 0.115 e. The van der Waals surface area contributed by atoms with Gasteiger partial charge in [-0.25, -0.2) is 0 Å². The SMILES string of the molecule is CC1CN(CCC(O)C2CCCCC2)CCC1c1cccc(O)c1. The number of aromatic hydroxyl groups is 1. The molecule has 0 amide bonds. The number of hydrogen-bond acceptors (Lipinski definition) is 3. The highest BCUT2D eigenvalue weighted by Gasteiger charge is 2.28. The summed E-state index contributed by atoms with van der Waals surface area (Å²) in [7, 11) is 0. The summed E-state index contributed by atoms with van der Waals surface area (Å²) in [6.07, 6.45) is 8.35. The number of benzene rings is 1. The fourth-order valence-corrected chi connectivity index (χ4v) is 4.76. The average Bonchev–Trinajstić information content (AvgIpc) is 2.60. The lowest BCUT2D eigenvalue weighted by Crippen LogP contribution is -2.40. The van der Waals surface area contributed by atoms with Gasteiger partial charge >= 0.3 is 0 Å². The van der Waals surface area contributed by atoms with E-state index in [-0.39, 0.29) is 6.10 Å². The molecule has 3 rings (SSSR count). The van der Waals surface area contributed by atoms with Gasteiger partial charge in [0.25, 0.3) is 0 Å². The Bertz CT molecular complexity index is 512. The van der Waals surface area contributed by atoms with Crippen molar-refractivity contribution in [2.24, 2.45) is 11.8 Å². The number of likely N-dealkylation sites (tertiary alicyclic amines) is 1. The zero-order valence-corrected chi connectivity index (χ0v) is 15.0. The third kappa shape index (κ3) is 4.52. The maximum Gasteiger partial charge on any atom is 0.115 e. The Hall–Kier alpha value is -1.06. The number of phenolic OH excluding ortho intramolecular Hbond substituents is 1. The van der Waals surface area contributed by atoms with E-state index in [4.69, 9.17) is 0 Å². The fraction of sp³-hybridized carbons (Fsp3) is 0.714. The van der Waals surface area contributed by atoms with Gasteiger partial charge in [-0.05, 0) is 67.7 Å². The molecule has 1 aliphatic heterocycles. The highest BCUT2D eigenvalue weighted by Crippen LogP contribution is 2.34. The first kappa shape index (κ1) is 17.8. The summed E-state index contributed by atoms with van der Waals surface area (Å²) in [5.74, 6) is 2.04. The topological polar surface area (TPSA) is 43.7 Å². The van der Waals surface area contributed by atoms with E-state index in [1.54, 1.807) is 6.07 Å². The van der Waals surface area contributed by atoms with Gasteiger partial charge in [-0.15, -0.1) is 0 Å². The van der Waals surface area contributed by atoms with Crippen molar-refractivity contribution in [2.45, 2.75) is 63.9 Å². The second kappa shape index (κ2) is 8.35. The van der Waals surface area contributed by atoms with Crippen LogP contribution in [0, 0.1) is 11.8 Å². The predicted molar refractivity (Wildman–Crippen MR) is 98.3 cm³/mol. The third-order valence-electron chi connectivity index (χ3n) is 6.22. The first-order valence-electron chi connectivity index (χ1n) is 9.83. The van der Waals surface area contributed by atoms with Crippen LogP contribution in [0.5, 0.6) is 5.75 Å². The summed E-state index contributed by atoms with van der Waals surface area (Å²) in [6.45, 7) is 5.53. The van der Waals surface area contributed by atoms with Crippen LogP contribution >= 0.6 is 0 Å². The van der Waals surface area contributed by atoms with Crippen LogP contribution in [-0.2, 0) is 0 Å². The number of piperidine rings is 1. The molecule has 3 unspecified atom stereocenters. The molecule has 1 saturated heterocycles. The molecule has 0 aromatic heterocycles. The summed E-state index contributed by atoms with van der Waals surface area (Å²) in [5.41, 5.74) is 1.27. The van der Waals surface area contributed by atoms with Gasteiger partial charge < -0.3 is 15.1 Å². The molecule has 3 atom stereocenters. The Morgan fingerprint density at radius 2 is 1.96 bits per heavy atom. The minimum absolute atomic E-state index is 0.107. The van der Waals surface area contributed by atoms with Gasteiger partial charge in [0.15, 0.2) is 0 Å². The Labute approximate surface area is 146 Å². The predicted octanol–water partition coefficient (Wildman–Crippen LogP) is 4.15. The Balaban J connectivity index is 1.46. The molecule has 24 heavy (non-hydrogen) atoms. The minimum Gasteiger partial charge on any atom is -0.508 e. The van der Waals surface area contributed by atoms with E-state index in [1.807, 2.05) is 12.1 Å². The van der Waals surface area contributed by atoms with Crippen LogP contribution in [0.25, 0.3) is 0 Å². The van der Waals surface area contributed by atoms with Crippen molar-refractivity contribution in [3.05, 3.63) is 29.8 Å². The molecule has 0 bridgehead atoms. The van der Waals surface area contributed by atoms with E-state index >= 15 is 0 Å². The molecule has 1 aliphatic carbocycles. The molecular formula is C21H33NO2. The van der Waals surface area contributed by atoms with Crippen LogP contribution < -0.4 is 0 Å². The van der Waals surface area contributed by atoms with Crippen molar-refractivity contribution in [3.63, 3.8) is 0 Å². The number of aliphatic hydroxyl groups is 1. The minimum atomic E-state index is -0.107. The van der Waals surface area contributed by atoms with E-state index in [2.05, 4.69) is 17.9 Å². The highest BCUT2D eigenvalue weighted by molar-refractivity contribution is 5.30. The summed E-state index contributed by atoms with van der Waals surface area (Å²) < 4.78 is 0. The molecule has 2 N–H and O–H groups in total. The van der Waals surface area contributed by atoms with E-state index in [0.29, 0.717) is 23.5 Å². The quantitative estimate of drug-likeness (QED) is 0.852. The van der Waals surface area contributed by atoms with E-state index in [1.165, 1.54) is 37.7 Å². The molecule has 2 fully saturated rings. The van der Waals surface area contributed by atoms with Crippen molar-refractivity contribution >= 4 is 0 Å². The molecule has 134 valence electrons. The normalized spacial score (nSPS) is 27.9. The van der Waals surface area contributed by atoms with E-state index < -0.39 is 0 Å². The summed E-state index contributed by atoms with van der Waals surface area (Å²) in [5, 5.41) is 20.2. The van der Waals surface area contributed by atoms with Gasteiger partial charge in [0.05, 0.1) is 6.10 Å². The van der Waals surface area contributed by atoms with Gasteiger partial charge in [0.2, 0.25) is 0 Å². The van der Waals surface area contributed by atoms with Crippen molar-refractivity contribution in [1.29, 1.82) is 0 Å². The maximum atomic E-state index is 10.5. The fourth-order valence-electron chi connectivity index (χ4n) is 4.76. The molecule has 0 radical (unpaired) electrons. The van der Waals surface area contributed by atoms with E-state index in [9.17, 15) is 10.2 Å². The first-order chi connectivity index (χ1) is 11.6. The number of nitrogens with zero attached hydrogens (tertiary/aromatic N) is 1. The van der Waals surface area contributed by atoms with Crippen LogP contribution in [0.15, 0.2) is 24.3 Å². The summed E-state index contributed by atoms with van der Waals surface area (Å²) in [4.78, 5) is 2.52. The van der Waals surface area contributed by atoms with Crippen molar-refractivity contribution in [2.75, 3.05) is 19.6 Å². The van der Waals surface area contributed by atoms with Crippen LogP contribution in [-0.4, -0.2) is 40.9 Å². The number of aliphatic hydroxyl groups excluding tert-OH is 1. The van der Waals surface area contributed by atoms with E-state index in [0.717, 1.165) is 32.5 Å². The van der Waals surface area contributed by atoms with Gasteiger partial charge in [-0.2, -0.15) is 0 Å². The second-order valence-corrected chi connectivity index (χ2v) is 8.02. The molecule has 0 spiro atoms. The number of hydrogen-bond donors (Lipinski definition) is 2. The third-order valence-corrected chi connectivity index (χ3v) is 6.22. The van der Waals surface area contributed by atoms with Gasteiger partial charge in [-0.1, -0.05) is 38.3 Å². The van der Waals surface area contributed by atoms with Crippen LogP contribution in [0.3, 0.4) is 0 Å². The Morgan fingerprint density at radius 3 is 2.67 bits per heavy atom. The van der Waals surface area contributed by atoms with Gasteiger partial charge in [-0.3, -0.25) is 0 Å². The van der Waals surface area contributed by atoms with Gasteiger partial charge in [0.1, 0.15) is 5.75 Å². The van der Waals surface area contributed by atoms with Gasteiger partial charge in [0, 0.05) is 13.1 Å². The lowest BCUT2D eigenvalue weighted by Gasteiger charge is -2.38. The zero-order valence-electron chi connectivity index (χ0n) is 15.0. The molecule has 1 aromatic rings. The number of rotatable bonds is 5. The molecule has 3 heteroatoms. The monoisotopic (exact) mass is 331 g/mol. The number of phenols is 1. The molecule has 3 nitrogen and oxygen atoms in total. The van der Waals surface area contributed by atoms with Crippen molar-refractivity contribution < 1.29 is 10.2 Å². The summed E-state index contributed by atoms with van der Waals surface area (Å²) >= 11 is 0. The van der Waals surface area contributed by atoms with Crippen molar-refractivity contribution in [1.82, 2.24) is 4.90 Å². The lowest BCUT2D eigenvalue weighted by atomic mass is 9.81. The Morgan fingerprint density at radius 1 is 1.17 bits per heavy atom. The van der Waals surface area contributed by atoms with Crippen molar-refractivity contribution in [3.8, 4) is 5.75 Å². The molecule has 1 saturated carbocycles. The highest BCUT2D eigenvalue weighted by atomic mass is 16.3. The first-order valence-corrected chi connectivity index (χ1v) is 9.83. The lowest BCUT2D eigenvalue weighted by molar-refractivity contribution is 0.0582. The average molecular weight is 331 g/mol. The molecule has 1 aromatic carbocycles. The largest absolute Gasteiger partial charge is 0.508 e. The molecular weight excluding hydrogens is 298 g/mol. The summed E-state index contributed by atoms with van der Waals surface area (Å²) in [6, 6.07) is 7.76. The standard InChI is InChI=1S/C21H33NO2/c1-16-15-22(13-11-21(24)17-6-3-2-4-7-17)12-10-20(16)18-8-5-9-19(23)14-18/h5,8-9,14,16-17,20-21,23-24H,2-4,6-7,10-13,15H2,1H3. The van der Waals surface area contributed by atoms with Crippen LogP contribution in [0.2, 0.25) is 0 Å². The Kier molecular flexibility index (Phi) is 6.18. The molecule has 2 aliphatic rings. The zero-order chi connectivity index (χ0) is 16.9. The second-order valence-electron chi connectivity index (χ2n) is 8.02. The van der Waals surface area contributed by atoms with Crippen LogP contribution in [0.4, 0.5) is 0 Å².